The standard InChI is InChI=1S/C22H27ClN2O3S/c1-4-15-10-11-18-22(19-12-13-20(23)29-19)16(17(14-27-3)24-25(15)18)8-6-7-9-21(26)28-5-2/h10-13H,4-9,14H2,1-3H3. The number of carbonyl (C=O) groups excluding carboxylic acids is 1. The maximum atomic E-state index is 11.7. The van der Waals surface area contributed by atoms with E-state index >= 15 is 0 Å². The van der Waals surface area contributed by atoms with Crippen molar-refractivity contribution >= 4 is 34.4 Å². The summed E-state index contributed by atoms with van der Waals surface area (Å²) in [6.07, 6.45) is 3.81. The minimum Gasteiger partial charge on any atom is -0.466 e. The van der Waals surface area contributed by atoms with Crippen molar-refractivity contribution in [2.24, 2.45) is 0 Å². The second kappa shape index (κ2) is 10.2. The molecule has 0 aliphatic heterocycles. The Morgan fingerprint density at radius 1 is 1.21 bits per heavy atom. The van der Waals surface area contributed by atoms with Crippen LogP contribution in [0.5, 0.6) is 0 Å². The monoisotopic (exact) mass is 434 g/mol. The number of unbranched alkanes of at least 4 members (excludes halogenated alkanes) is 1. The Kier molecular flexibility index (Phi) is 7.70. The highest BCUT2D eigenvalue weighted by Gasteiger charge is 2.19. The Bertz CT molecular complexity index is 980. The first-order valence-electron chi connectivity index (χ1n) is 10.0. The van der Waals surface area contributed by atoms with Crippen LogP contribution in [0.1, 0.15) is 50.1 Å². The molecule has 0 aliphatic rings. The first-order valence-corrected chi connectivity index (χ1v) is 11.2. The second-order valence-electron chi connectivity index (χ2n) is 6.82. The van der Waals surface area contributed by atoms with E-state index < -0.39 is 0 Å². The predicted molar refractivity (Wildman–Crippen MR) is 118 cm³/mol. The molecule has 3 aromatic heterocycles. The molecule has 3 aromatic rings. The number of ether oxygens (including phenoxy) is 2. The lowest BCUT2D eigenvalue weighted by atomic mass is 9.98. The SMILES string of the molecule is CCOC(=O)CCCCc1c(COC)nn2c(CC)ccc2c1-c1ccc(Cl)s1. The summed E-state index contributed by atoms with van der Waals surface area (Å²) in [6, 6.07) is 8.26. The van der Waals surface area contributed by atoms with E-state index in [2.05, 4.69) is 25.1 Å². The van der Waals surface area contributed by atoms with Crippen LogP contribution < -0.4 is 0 Å². The van der Waals surface area contributed by atoms with Gasteiger partial charge in [-0.15, -0.1) is 11.3 Å². The summed E-state index contributed by atoms with van der Waals surface area (Å²) in [4.78, 5) is 12.8. The third-order valence-electron chi connectivity index (χ3n) is 4.89. The number of rotatable bonds is 10. The summed E-state index contributed by atoms with van der Waals surface area (Å²) in [5.74, 6) is -0.136. The van der Waals surface area contributed by atoms with Crippen LogP contribution in [0.3, 0.4) is 0 Å². The van der Waals surface area contributed by atoms with E-state index in [1.165, 1.54) is 11.1 Å². The Balaban J connectivity index is 2.01. The maximum absolute atomic E-state index is 11.7. The van der Waals surface area contributed by atoms with Crippen molar-refractivity contribution in [1.29, 1.82) is 0 Å². The van der Waals surface area contributed by atoms with Gasteiger partial charge in [-0.25, -0.2) is 4.52 Å². The van der Waals surface area contributed by atoms with Crippen LogP contribution in [0, 0.1) is 0 Å². The molecule has 0 aliphatic carbocycles. The van der Waals surface area contributed by atoms with Crippen molar-refractivity contribution in [1.82, 2.24) is 9.61 Å². The third kappa shape index (κ3) is 5.00. The summed E-state index contributed by atoms with van der Waals surface area (Å²) < 4.78 is 13.3. The van der Waals surface area contributed by atoms with E-state index in [1.54, 1.807) is 18.4 Å². The number of hydrogen-bond acceptors (Lipinski definition) is 5. The molecule has 0 spiro atoms. The number of halogens is 1. The number of aromatic nitrogens is 2. The largest absolute Gasteiger partial charge is 0.466 e. The van der Waals surface area contributed by atoms with Crippen molar-refractivity contribution < 1.29 is 14.3 Å². The van der Waals surface area contributed by atoms with Gasteiger partial charge in [0.1, 0.15) is 0 Å². The fourth-order valence-electron chi connectivity index (χ4n) is 3.58. The van der Waals surface area contributed by atoms with Crippen molar-refractivity contribution in [3.63, 3.8) is 0 Å². The Labute approximate surface area is 180 Å². The zero-order valence-electron chi connectivity index (χ0n) is 17.2. The van der Waals surface area contributed by atoms with Crippen LogP contribution in [0.2, 0.25) is 4.34 Å². The topological polar surface area (TPSA) is 52.8 Å². The van der Waals surface area contributed by atoms with Gasteiger partial charge in [-0.3, -0.25) is 4.79 Å². The van der Waals surface area contributed by atoms with Gasteiger partial charge in [-0.1, -0.05) is 18.5 Å². The molecule has 0 radical (unpaired) electrons. The number of carbonyl (C=O) groups is 1. The highest BCUT2D eigenvalue weighted by molar-refractivity contribution is 7.19. The fourth-order valence-corrected chi connectivity index (χ4v) is 4.70. The van der Waals surface area contributed by atoms with Crippen LogP contribution in [0.25, 0.3) is 16.0 Å². The first kappa shape index (κ1) is 21.8. The van der Waals surface area contributed by atoms with E-state index in [0.717, 1.165) is 51.8 Å². The predicted octanol–water partition coefficient (Wildman–Crippen LogP) is 5.70. The smallest absolute Gasteiger partial charge is 0.305 e. The van der Waals surface area contributed by atoms with Crippen LogP contribution >= 0.6 is 22.9 Å². The molecular weight excluding hydrogens is 408 g/mol. The van der Waals surface area contributed by atoms with Crippen molar-refractivity contribution in [3.8, 4) is 10.4 Å². The van der Waals surface area contributed by atoms with Crippen molar-refractivity contribution in [2.75, 3.05) is 13.7 Å². The van der Waals surface area contributed by atoms with Crippen molar-refractivity contribution in [3.05, 3.63) is 45.6 Å². The van der Waals surface area contributed by atoms with E-state index in [-0.39, 0.29) is 5.97 Å². The van der Waals surface area contributed by atoms with E-state index in [9.17, 15) is 4.79 Å². The Hall–Kier alpha value is -1.89. The molecule has 29 heavy (non-hydrogen) atoms. The molecule has 0 saturated carbocycles. The average molecular weight is 435 g/mol. The number of nitrogens with zero attached hydrogens (tertiary/aromatic N) is 2. The summed E-state index contributed by atoms with van der Waals surface area (Å²) in [5.41, 5.74) is 5.51. The molecule has 3 heterocycles. The molecule has 7 heteroatoms. The molecular formula is C22H27ClN2O3S. The highest BCUT2D eigenvalue weighted by atomic mass is 35.5. The zero-order valence-corrected chi connectivity index (χ0v) is 18.7. The number of thiophene rings is 1. The quantitative estimate of drug-likeness (QED) is 0.303. The average Bonchev–Trinajstić information content (AvgIpc) is 3.31. The lowest BCUT2D eigenvalue weighted by Crippen LogP contribution is -2.10. The normalized spacial score (nSPS) is 11.3. The summed E-state index contributed by atoms with van der Waals surface area (Å²) in [5, 5.41) is 4.90. The van der Waals surface area contributed by atoms with Gasteiger partial charge in [0, 0.05) is 29.7 Å². The van der Waals surface area contributed by atoms with Crippen LogP contribution in [-0.2, 0) is 33.7 Å². The van der Waals surface area contributed by atoms with E-state index in [1.807, 2.05) is 17.5 Å². The van der Waals surface area contributed by atoms with Crippen molar-refractivity contribution in [2.45, 2.75) is 52.6 Å². The summed E-state index contributed by atoms with van der Waals surface area (Å²) in [7, 11) is 1.69. The highest BCUT2D eigenvalue weighted by Crippen LogP contribution is 2.38. The Morgan fingerprint density at radius 2 is 2.03 bits per heavy atom. The number of hydrogen-bond donors (Lipinski definition) is 0. The van der Waals surface area contributed by atoms with Gasteiger partial charge in [-0.2, -0.15) is 5.10 Å². The van der Waals surface area contributed by atoms with Gasteiger partial charge in [0.2, 0.25) is 0 Å². The molecule has 0 bridgehead atoms. The van der Waals surface area contributed by atoms with Crippen LogP contribution in [-0.4, -0.2) is 29.3 Å². The maximum Gasteiger partial charge on any atom is 0.305 e. The van der Waals surface area contributed by atoms with Gasteiger partial charge in [0.15, 0.2) is 0 Å². The molecule has 156 valence electrons. The number of aryl methyl sites for hydroxylation is 1. The van der Waals surface area contributed by atoms with E-state index in [0.29, 0.717) is 19.6 Å². The summed E-state index contributed by atoms with van der Waals surface area (Å²) >= 11 is 7.83. The van der Waals surface area contributed by atoms with Crippen LogP contribution in [0.4, 0.5) is 0 Å². The molecule has 0 aromatic carbocycles. The first-order chi connectivity index (χ1) is 14.1. The fraction of sp³-hybridized carbons (Fsp3) is 0.455. The molecule has 0 atom stereocenters. The molecule has 0 saturated heterocycles. The van der Waals surface area contributed by atoms with Gasteiger partial charge < -0.3 is 9.47 Å². The van der Waals surface area contributed by atoms with Crippen LogP contribution in [0.15, 0.2) is 24.3 Å². The molecule has 0 N–H and O–H groups in total. The molecule has 0 unspecified atom stereocenters. The molecule has 0 fully saturated rings. The number of fused-ring (bicyclic) bond motifs is 1. The number of methoxy groups -OCH3 is 1. The van der Waals surface area contributed by atoms with Gasteiger partial charge in [-0.05, 0) is 62.4 Å². The zero-order chi connectivity index (χ0) is 20.8. The number of esters is 1. The lowest BCUT2D eigenvalue weighted by molar-refractivity contribution is -0.143. The molecule has 0 amide bonds. The minimum absolute atomic E-state index is 0.136. The van der Waals surface area contributed by atoms with E-state index in [4.69, 9.17) is 26.2 Å². The second-order valence-corrected chi connectivity index (χ2v) is 8.54. The molecule has 5 nitrogen and oxygen atoms in total. The van der Waals surface area contributed by atoms with Gasteiger partial charge in [0.25, 0.3) is 0 Å². The molecule has 3 rings (SSSR count). The Morgan fingerprint density at radius 3 is 2.69 bits per heavy atom. The van der Waals surface area contributed by atoms with Gasteiger partial charge in [0.05, 0.1) is 28.8 Å². The lowest BCUT2D eigenvalue weighted by Gasteiger charge is -2.16. The summed E-state index contributed by atoms with van der Waals surface area (Å²) in [6.45, 7) is 4.83. The third-order valence-corrected chi connectivity index (χ3v) is 6.14. The van der Waals surface area contributed by atoms with Gasteiger partial charge >= 0.3 is 5.97 Å². The minimum atomic E-state index is -0.136.